The number of hydrogen-bond acceptors (Lipinski definition) is 15. The summed E-state index contributed by atoms with van der Waals surface area (Å²) in [5.41, 5.74) is 10.5. The number of methoxy groups -OCH3 is 1. The predicted molar refractivity (Wildman–Crippen MR) is 485 cm³/mol. The van der Waals surface area contributed by atoms with E-state index in [9.17, 15) is 38.0 Å². The quantitative estimate of drug-likeness (QED) is 0.0909. The molecule has 0 radical (unpaired) electrons. The Bertz CT molecular complexity index is 4440. The third kappa shape index (κ3) is 30.7. The van der Waals surface area contributed by atoms with Crippen LogP contribution in [-0.2, 0) is 40.0 Å². The molecule has 0 saturated heterocycles. The summed E-state index contributed by atoms with van der Waals surface area (Å²) in [6.07, 6.45) is 20.1. The van der Waals surface area contributed by atoms with Gasteiger partial charge in [0, 0.05) is 128 Å². The predicted octanol–water partition coefficient (Wildman–Crippen LogP) is 29.4. The van der Waals surface area contributed by atoms with Crippen molar-refractivity contribution in [2.24, 2.45) is 0 Å². The molecule has 0 atom stereocenters. The van der Waals surface area contributed by atoms with Gasteiger partial charge in [0.15, 0.2) is 40.5 Å². The minimum absolute atomic E-state index is 0.227. The summed E-state index contributed by atoms with van der Waals surface area (Å²) in [7, 11) is 1.67. The van der Waals surface area contributed by atoms with Gasteiger partial charge in [-0.05, 0) is 326 Å². The summed E-state index contributed by atoms with van der Waals surface area (Å²) < 4.78 is 19.0. The van der Waals surface area contributed by atoms with Crippen LogP contribution in [0.4, 0.5) is 4.39 Å². The van der Waals surface area contributed by atoms with E-state index in [1.54, 1.807) is 102 Å². The van der Waals surface area contributed by atoms with E-state index in [0.29, 0.717) is 54.0 Å². The first-order valence-electron chi connectivity index (χ1n) is 39.2. The van der Waals surface area contributed by atoms with Crippen molar-refractivity contribution < 1.29 is 42.7 Å². The Hall–Kier alpha value is -6.64. The van der Waals surface area contributed by atoms with Crippen LogP contribution in [0.2, 0.25) is 5.02 Å². The van der Waals surface area contributed by atoms with Gasteiger partial charge in [-0.3, -0.25) is 33.6 Å². The van der Waals surface area contributed by atoms with E-state index < -0.39 is 0 Å². The van der Waals surface area contributed by atoms with Crippen molar-refractivity contribution in [2.45, 2.75) is 245 Å². The summed E-state index contributed by atoms with van der Waals surface area (Å²) in [5.74, 6) is 2.74. The van der Waals surface area contributed by atoms with E-state index in [4.69, 9.17) is 16.3 Å². The van der Waals surface area contributed by atoms with Crippen molar-refractivity contribution in [1.29, 1.82) is 0 Å². The molecule has 14 rings (SSSR count). The molecule has 0 spiro atoms. The molecule has 0 fully saturated rings. The lowest BCUT2D eigenvalue weighted by Crippen LogP contribution is -2.07. The highest BCUT2D eigenvalue weighted by Crippen LogP contribution is 2.43. The monoisotopic (exact) mass is 1740 g/mol. The average molecular weight is 1750 g/mol. The number of ether oxygens (including phenoxy) is 1. The topological polar surface area (TPSA) is 129 Å². The largest absolute Gasteiger partial charge is 0.497 e. The smallest absolute Gasteiger partial charge is 0.159 e. The normalized spacial score (nSPS) is 16.6. The first kappa shape index (κ1) is 92.9. The number of ketones is 7. The van der Waals surface area contributed by atoms with Crippen LogP contribution in [0.25, 0.3) is 0 Å². The van der Waals surface area contributed by atoms with Crippen molar-refractivity contribution in [3.63, 3.8) is 0 Å². The first-order chi connectivity index (χ1) is 54.7. The lowest BCUT2D eigenvalue weighted by Gasteiger charge is -2.16. The summed E-state index contributed by atoms with van der Waals surface area (Å²) in [6.45, 7) is 19.9. The Morgan fingerprint density at radius 2 is 0.579 bits per heavy atom. The van der Waals surface area contributed by atoms with Crippen molar-refractivity contribution in [3.8, 4) is 5.75 Å². The molecule has 0 heterocycles. The number of Topliss-reactive ketones (excluding diaryl/α,β-unsaturated/α-hetero) is 7. The van der Waals surface area contributed by atoms with Crippen LogP contribution in [0, 0.1) is 19.7 Å². The molecule has 7 aliphatic carbocycles. The Balaban J connectivity index is 0.000000167. The molecule has 0 unspecified atom stereocenters. The first-order valence-corrected chi connectivity index (χ1v) is 46.1. The Kier molecular flexibility index (Phi) is 39.3. The van der Waals surface area contributed by atoms with Gasteiger partial charge < -0.3 is 4.74 Å². The second-order valence-electron chi connectivity index (χ2n) is 28.7. The number of carbonyl (C=O) groups is 7. The van der Waals surface area contributed by atoms with Crippen molar-refractivity contribution >= 4 is 150 Å². The van der Waals surface area contributed by atoms with Crippen LogP contribution < -0.4 is 4.74 Å². The minimum atomic E-state index is -0.227. The van der Waals surface area contributed by atoms with Crippen LogP contribution in [0.5, 0.6) is 5.75 Å². The number of allylic oxidation sites excluding steroid dienone is 14. The maximum absolute atomic E-state index is 12.7. The van der Waals surface area contributed by atoms with Crippen molar-refractivity contribution in [3.05, 3.63) is 275 Å². The maximum atomic E-state index is 12.7. The van der Waals surface area contributed by atoms with E-state index in [1.165, 1.54) is 77.8 Å². The zero-order chi connectivity index (χ0) is 82.2. The lowest BCUT2D eigenvalue weighted by molar-refractivity contribution is -0.116. The fourth-order valence-electron chi connectivity index (χ4n) is 12.7. The number of thioether (sulfide) groups is 7. The highest BCUT2D eigenvalue weighted by molar-refractivity contribution is 9.10. The van der Waals surface area contributed by atoms with Gasteiger partial charge in [-0.25, -0.2) is 4.39 Å². The molecule has 600 valence electrons. The van der Waals surface area contributed by atoms with Crippen molar-refractivity contribution in [1.82, 2.24) is 0 Å². The van der Waals surface area contributed by atoms with Crippen LogP contribution in [0.15, 0.2) is 282 Å². The second-order valence-corrected chi connectivity index (χ2v) is 38.2. The molecule has 7 aliphatic rings. The van der Waals surface area contributed by atoms with E-state index in [0.717, 1.165) is 196 Å². The zero-order valence-corrected chi connectivity index (χ0v) is 75.5. The molecule has 114 heavy (non-hydrogen) atoms. The number of aryl methyl sites for hydroxylation is 3. The number of benzene rings is 7. The van der Waals surface area contributed by atoms with E-state index >= 15 is 0 Å². The minimum Gasteiger partial charge on any atom is -0.497 e. The second kappa shape index (κ2) is 48.3. The van der Waals surface area contributed by atoms with Gasteiger partial charge in [0.1, 0.15) is 11.6 Å². The molecule has 7 aromatic carbocycles. The standard InChI is InChI=1S/C15H18OS.C14H16O2S.2C14H16OS.C13H13BrOS.C13H13ClOS.C13H13FOS/c1-3-12-7-9-13(10-8-12)17-15-6-4-5-14(16)11(15)2;1-10-13(15)7-4-8-14(10)17-12-6-3-5-11(9-12)16-2;1-10-5-3-6-12(9-10)16-14-8-4-7-13(15)11(14)2;1-10-6-8-12(9-7-10)16-14-5-3-4-13(15)11(14)2;3*1-9-12(15)3-2-4-13(9)16-11-7-5-10(14)6-8-11/h7-10H,3-6H2,1-2H3;3,5-6,9H,4,7-8H2,1-2H3;3,5-6,9H,4,7-8H2,1-2H3;6-9H,3-5H2,1-2H3;3*5-8H,2-4H2,1H3. The van der Waals surface area contributed by atoms with Gasteiger partial charge in [-0.1, -0.05) is 170 Å². The molecule has 18 heteroatoms. The van der Waals surface area contributed by atoms with Crippen LogP contribution in [-0.4, -0.2) is 47.6 Å². The average Bonchev–Trinajstić information content (AvgIpc) is 0.901. The fraction of sp³-hybridized carbons (Fsp3) is 0.344. The van der Waals surface area contributed by atoms with Crippen molar-refractivity contribution in [2.75, 3.05) is 7.11 Å². The van der Waals surface area contributed by atoms with Gasteiger partial charge in [0.25, 0.3) is 0 Å². The maximum Gasteiger partial charge on any atom is 0.159 e. The summed E-state index contributed by atoms with van der Waals surface area (Å²) in [4.78, 5) is 97.8. The SMILES string of the molecule is CC1=C(Sc2ccc(Br)cc2)CCCC1=O.CC1=C(Sc2ccc(C)cc2)CCCC1=O.CC1=C(Sc2ccc(Cl)cc2)CCCC1=O.CC1=C(Sc2ccc(F)cc2)CCCC1=O.CC1=C(Sc2cccc(C)c2)CCCC1=O.CCc1ccc(SC2=C(C)C(=O)CCC2)cc1.COc1cccc(SC2=C(C)C(=O)CCC2)c1. The van der Waals surface area contributed by atoms with Crippen LogP contribution >= 0.6 is 110 Å². The summed E-state index contributed by atoms with van der Waals surface area (Å²) in [5, 5.41) is 0.745. The van der Waals surface area contributed by atoms with Gasteiger partial charge in [0.2, 0.25) is 0 Å². The fourth-order valence-corrected chi connectivity index (χ4v) is 20.8. The molecule has 7 aromatic rings. The number of halogens is 3. The van der Waals surface area contributed by atoms with Gasteiger partial charge >= 0.3 is 0 Å². The van der Waals surface area contributed by atoms with Crippen LogP contribution in [0.3, 0.4) is 0 Å². The number of hydrogen-bond donors (Lipinski definition) is 0. The molecule has 0 N–H and O–H groups in total. The molecule has 0 aliphatic heterocycles. The molecule has 0 amide bonds. The Labute approximate surface area is 719 Å². The Morgan fingerprint density at radius 1 is 0.316 bits per heavy atom. The zero-order valence-electron chi connectivity index (χ0n) is 67.5. The number of carbonyl (C=O) groups excluding carboxylic acids is 7. The lowest BCUT2D eigenvalue weighted by atomic mass is 9.99. The summed E-state index contributed by atoms with van der Waals surface area (Å²) in [6, 6.07) is 55.9. The van der Waals surface area contributed by atoms with Gasteiger partial charge in [-0.15, -0.1) is 0 Å². The molecule has 8 nitrogen and oxygen atoms in total. The van der Waals surface area contributed by atoms with E-state index in [1.807, 2.05) is 109 Å². The van der Waals surface area contributed by atoms with Gasteiger partial charge in [0.05, 0.1) is 7.11 Å². The third-order valence-corrected chi connectivity index (χ3v) is 29.6. The van der Waals surface area contributed by atoms with Crippen LogP contribution in [0.1, 0.15) is 207 Å². The third-order valence-electron chi connectivity index (χ3n) is 20.0. The molecule has 0 bridgehead atoms. The van der Waals surface area contributed by atoms with Gasteiger partial charge in [-0.2, -0.15) is 0 Å². The molecular formula is C96H105BrClFO8S7. The van der Waals surface area contributed by atoms with E-state index in [2.05, 4.69) is 122 Å². The molecular weight excluding hydrogens is 1640 g/mol. The van der Waals surface area contributed by atoms with E-state index in [-0.39, 0.29) is 11.6 Å². The summed E-state index contributed by atoms with van der Waals surface area (Å²) >= 11 is 21.2. The number of rotatable bonds is 16. The molecule has 0 aromatic heterocycles. The highest BCUT2D eigenvalue weighted by atomic mass is 79.9. The Morgan fingerprint density at radius 3 is 0.877 bits per heavy atom. The highest BCUT2D eigenvalue weighted by Gasteiger charge is 2.24. The molecule has 0 saturated carbocycles.